The molecule has 0 aliphatic carbocycles. The number of aryl methyl sites for hydroxylation is 1. The van der Waals surface area contributed by atoms with Crippen LogP contribution in [-0.2, 0) is 11.2 Å². The third-order valence-electron chi connectivity index (χ3n) is 2.96. The van der Waals surface area contributed by atoms with Crippen LogP contribution in [0.5, 0.6) is 0 Å². The van der Waals surface area contributed by atoms with E-state index in [0.717, 1.165) is 17.3 Å². The highest BCUT2D eigenvalue weighted by Crippen LogP contribution is 2.27. The molecule has 0 aliphatic rings. The highest BCUT2D eigenvalue weighted by atomic mass is 35.5. The Morgan fingerprint density at radius 2 is 1.85 bits per heavy atom. The van der Waals surface area contributed by atoms with Crippen molar-refractivity contribution in [3.8, 4) is 0 Å². The van der Waals surface area contributed by atoms with E-state index >= 15 is 0 Å². The van der Waals surface area contributed by atoms with Crippen LogP contribution in [0, 0.1) is 6.92 Å². The molecule has 0 fully saturated rings. The first-order valence-corrected chi connectivity index (χ1v) is 7.95. The van der Waals surface area contributed by atoms with Crippen molar-refractivity contribution < 1.29 is 0 Å². The van der Waals surface area contributed by atoms with Gasteiger partial charge in [-0.15, -0.1) is 11.8 Å². The van der Waals surface area contributed by atoms with E-state index in [4.69, 9.17) is 11.6 Å². The first kappa shape index (κ1) is 15.3. The van der Waals surface area contributed by atoms with Gasteiger partial charge in [-0.1, -0.05) is 50.6 Å². The predicted molar refractivity (Wildman–Crippen MR) is 86.5 cm³/mol. The topological polar surface area (TPSA) is 25.8 Å². The monoisotopic (exact) mass is 306 g/mol. The lowest BCUT2D eigenvalue weighted by Crippen LogP contribution is -2.15. The van der Waals surface area contributed by atoms with Crippen LogP contribution in [0.3, 0.4) is 0 Å². The van der Waals surface area contributed by atoms with Crippen molar-refractivity contribution in [2.45, 2.75) is 43.8 Å². The molecule has 4 heteroatoms. The minimum absolute atomic E-state index is 0.0192. The summed E-state index contributed by atoms with van der Waals surface area (Å²) in [5, 5.41) is 0.519. The SMILES string of the molecule is Cc1ccccc1SCc1nc(Cl)cc(C(C)(C)C)n1. The second-order valence-electron chi connectivity index (χ2n) is 5.80. The van der Waals surface area contributed by atoms with Gasteiger partial charge in [-0.3, -0.25) is 0 Å². The summed E-state index contributed by atoms with van der Waals surface area (Å²) in [4.78, 5) is 10.2. The van der Waals surface area contributed by atoms with Crippen LogP contribution in [0.1, 0.15) is 37.9 Å². The largest absolute Gasteiger partial charge is 0.236 e. The van der Waals surface area contributed by atoms with Crippen LogP contribution in [0.25, 0.3) is 0 Å². The van der Waals surface area contributed by atoms with Crippen molar-refractivity contribution in [1.29, 1.82) is 0 Å². The van der Waals surface area contributed by atoms with E-state index in [1.165, 1.54) is 10.5 Å². The predicted octanol–water partition coefficient (Wildman–Crippen LogP) is 5.03. The van der Waals surface area contributed by atoms with E-state index in [0.29, 0.717) is 5.15 Å². The highest BCUT2D eigenvalue weighted by Gasteiger charge is 2.17. The molecule has 1 heterocycles. The van der Waals surface area contributed by atoms with Gasteiger partial charge in [0.25, 0.3) is 0 Å². The Morgan fingerprint density at radius 3 is 2.50 bits per heavy atom. The van der Waals surface area contributed by atoms with E-state index < -0.39 is 0 Å². The number of hydrogen-bond acceptors (Lipinski definition) is 3. The summed E-state index contributed by atoms with van der Waals surface area (Å²) in [5.74, 6) is 1.52. The van der Waals surface area contributed by atoms with E-state index in [2.05, 4.69) is 55.9 Å². The van der Waals surface area contributed by atoms with Gasteiger partial charge in [0.2, 0.25) is 0 Å². The van der Waals surface area contributed by atoms with Gasteiger partial charge in [-0.2, -0.15) is 0 Å². The molecular weight excluding hydrogens is 288 g/mol. The molecule has 2 nitrogen and oxygen atoms in total. The van der Waals surface area contributed by atoms with E-state index in [1.807, 2.05) is 12.1 Å². The van der Waals surface area contributed by atoms with E-state index in [9.17, 15) is 0 Å². The standard InChI is InChI=1S/C16H19ClN2S/c1-11-7-5-6-8-12(11)20-10-15-18-13(16(2,3)4)9-14(17)19-15/h5-9H,10H2,1-4H3. The summed E-state index contributed by atoms with van der Waals surface area (Å²) in [6.07, 6.45) is 0. The van der Waals surface area contributed by atoms with Gasteiger partial charge in [0, 0.05) is 10.3 Å². The quantitative estimate of drug-likeness (QED) is 0.587. The summed E-state index contributed by atoms with van der Waals surface area (Å²) in [5.41, 5.74) is 2.24. The van der Waals surface area contributed by atoms with Crippen LogP contribution in [-0.4, -0.2) is 9.97 Å². The van der Waals surface area contributed by atoms with Crippen molar-refractivity contribution in [1.82, 2.24) is 9.97 Å². The zero-order valence-electron chi connectivity index (χ0n) is 12.3. The number of benzene rings is 1. The Balaban J connectivity index is 2.18. The van der Waals surface area contributed by atoms with E-state index in [-0.39, 0.29) is 5.41 Å². The molecular formula is C16H19ClN2S. The first-order valence-electron chi connectivity index (χ1n) is 6.58. The van der Waals surface area contributed by atoms with Crippen LogP contribution >= 0.6 is 23.4 Å². The highest BCUT2D eigenvalue weighted by molar-refractivity contribution is 7.98. The summed E-state index contributed by atoms with van der Waals surface area (Å²) in [6, 6.07) is 10.2. The fourth-order valence-corrected chi connectivity index (χ4v) is 2.86. The number of rotatable bonds is 3. The Morgan fingerprint density at radius 1 is 1.15 bits per heavy atom. The summed E-state index contributed by atoms with van der Waals surface area (Å²) < 4.78 is 0. The Kier molecular flexibility index (Phi) is 4.71. The van der Waals surface area contributed by atoms with Crippen molar-refractivity contribution in [3.05, 3.63) is 52.6 Å². The van der Waals surface area contributed by atoms with Gasteiger partial charge in [-0.25, -0.2) is 9.97 Å². The first-order chi connectivity index (χ1) is 9.36. The molecule has 2 aromatic rings. The van der Waals surface area contributed by atoms with Crippen LogP contribution in [0.2, 0.25) is 5.15 Å². The normalized spacial score (nSPS) is 11.7. The second-order valence-corrected chi connectivity index (χ2v) is 7.20. The lowest BCUT2D eigenvalue weighted by atomic mass is 9.92. The van der Waals surface area contributed by atoms with Gasteiger partial charge >= 0.3 is 0 Å². The molecule has 0 saturated heterocycles. The van der Waals surface area contributed by atoms with Crippen LogP contribution in [0.15, 0.2) is 35.2 Å². The molecule has 0 unspecified atom stereocenters. The Bertz CT molecular complexity index is 606. The molecule has 0 spiro atoms. The average molecular weight is 307 g/mol. The van der Waals surface area contributed by atoms with Crippen molar-refractivity contribution in [2.75, 3.05) is 0 Å². The van der Waals surface area contributed by atoms with Crippen molar-refractivity contribution >= 4 is 23.4 Å². The van der Waals surface area contributed by atoms with Gasteiger partial charge in [0.15, 0.2) is 0 Å². The molecule has 0 atom stereocenters. The molecule has 0 radical (unpaired) electrons. The minimum Gasteiger partial charge on any atom is -0.236 e. The van der Waals surface area contributed by atoms with Gasteiger partial charge < -0.3 is 0 Å². The van der Waals surface area contributed by atoms with Crippen LogP contribution < -0.4 is 0 Å². The third-order valence-corrected chi connectivity index (χ3v) is 4.33. The lowest BCUT2D eigenvalue weighted by Gasteiger charge is -2.18. The zero-order chi connectivity index (χ0) is 14.8. The molecule has 20 heavy (non-hydrogen) atoms. The summed E-state index contributed by atoms with van der Waals surface area (Å²) >= 11 is 7.85. The van der Waals surface area contributed by atoms with Crippen LogP contribution in [0.4, 0.5) is 0 Å². The maximum absolute atomic E-state index is 6.11. The number of halogens is 1. The Labute approximate surface area is 130 Å². The zero-order valence-corrected chi connectivity index (χ0v) is 13.8. The Hall–Kier alpha value is -1.06. The lowest BCUT2D eigenvalue weighted by molar-refractivity contribution is 0.564. The van der Waals surface area contributed by atoms with Crippen molar-refractivity contribution in [2.24, 2.45) is 0 Å². The molecule has 0 aliphatic heterocycles. The summed E-state index contributed by atoms with van der Waals surface area (Å²) in [6.45, 7) is 8.50. The number of nitrogens with zero attached hydrogens (tertiary/aromatic N) is 2. The van der Waals surface area contributed by atoms with Gasteiger partial charge in [0.1, 0.15) is 11.0 Å². The molecule has 106 valence electrons. The summed E-state index contributed by atoms with van der Waals surface area (Å²) in [7, 11) is 0. The smallest absolute Gasteiger partial charge is 0.140 e. The fourth-order valence-electron chi connectivity index (χ4n) is 1.77. The molecule has 1 aromatic heterocycles. The maximum Gasteiger partial charge on any atom is 0.140 e. The number of hydrogen-bond donors (Lipinski definition) is 0. The molecule has 0 N–H and O–H groups in total. The fraction of sp³-hybridized carbons (Fsp3) is 0.375. The molecule has 1 aromatic carbocycles. The number of aromatic nitrogens is 2. The number of thioether (sulfide) groups is 1. The maximum atomic E-state index is 6.11. The van der Waals surface area contributed by atoms with Gasteiger partial charge in [-0.05, 0) is 24.6 Å². The molecule has 0 saturated carbocycles. The van der Waals surface area contributed by atoms with E-state index in [1.54, 1.807) is 11.8 Å². The minimum atomic E-state index is -0.0192. The third kappa shape index (κ3) is 3.97. The van der Waals surface area contributed by atoms with Crippen molar-refractivity contribution in [3.63, 3.8) is 0 Å². The average Bonchev–Trinajstić information content (AvgIpc) is 2.36. The van der Waals surface area contributed by atoms with Gasteiger partial charge in [0.05, 0.1) is 11.4 Å². The molecule has 0 bridgehead atoms. The second kappa shape index (κ2) is 6.15. The molecule has 2 rings (SSSR count). The molecule has 0 amide bonds.